The summed E-state index contributed by atoms with van der Waals surface area (Å²) in [5, 5.41) is 20.7. The molecule has 1 aromatic heterocycles. The molecular formula is C16H14N4O3. The Morgan fingerprint density at radius 3 is 2.70 bits per heavy atom. The third kappa shape index (κ3) is 3.18. The molecule has 1 heterocycles. The van der Waals surface area contributed by atoms with Gasteiger partial charge in [-0.3, -0.25) is 0 Å². The van der Waals surface area contributed by atoms with E-state index in [2.05, 4.69) is 15.5 Å². The van der Waals surface area contributed by atoms with Gasteiger partial charge in [0, 0.05) is 5.56 Å². The number of tetrazole rings is 1. The second-order valence-corrected chi connectivity index (χ2v) is 4.89. The second-order valence-electron chi connectivity index (χ2n) is 4.89. The third-order valence-electron chi connectivity index (χ3n) is 3.39. The van der Waals surface area contributed by atoms with E-state index in [4.69, 9.17) is 9.84 Å². The second kappa shape index (κ2) is 6.27. The van der Waals surface area contributed by atoms with Crippen molar-refractivity contribution in [3.8, 4) is 17.1 Å². The van der Waals surface area contributed by atoms with Gasteiger partial charge >= 0.3 is 5.97 Å². The molecule has 0 atom stereocenters. The Kier molecular flexibility index (Phi) is 4.01. The van der Waals surface area contributed by atoms with Crippen LogP contribution in [-0.2, 0) is 6.54 Å². The fourth-order valence-electron chi connectivity index (χ4n) is 2.21. The van der Waals surface area contributed by atoms with Crippen LogP contribution in [0.1, 0.15) is 15.9 Å². The maximum Gasteiger partial charge on any atom is 0.335 e. The Morgan fingerprint density at radius 1 is 1.22 bits per heavy atom. The van der Waals surface area contributed by atoms with Gasteiger partial charge in [-0.15, -0.1) is 5.10 Å². The van der Waals surface area contributed by atoms with E-state index < -0.39 is 5.97 Å². The average Bonchev–Trinajstić information content (AvgIpc) is 3.03. The molecule has 0 fully saturated rings. The lowest BCUT2D eigenvalue weighted by Gasteiger charge is -2.06. The van der Waals surface area contributed by atoms with Crippen LogP contribution in [0.4, 0.5) is 0 Å². The fraction of sp³-hybridized carbons (Fsp3) is 0.125. The average molecular weight is 310 g/mol. The number of nitrogens with zero attached hydrogens (tertiary/aromatic N) is 4. The lowest BCUT2D eigenvalue weighted by atomic mass is 10.1. The number of hydrogen-bond acceptors (Lipinski definition) is 5. The summed E-state index contributed by atoms with van der Waals surface area (Å²) < 4.78 is 6.87. The molecule has 0 saturated heterocycles. The molecule has 0 radical (unpaired) electrons. The molecular weight excluding hydrogens is 296 g/mol. The first-order valence-electron chi connectivity index (χ1n) is 6.90. The highest BCUT2D eigenvalue weighted by molar-refractivity contribution is 5.87. The van der Waals surface area contributed by atoms with Gasteiger partial charge in [-0.25, -0.2) is 9.48 Å². The van der Waals surface area contributed by atoms with Crippen molar-refractivity contribution in [3.05, 3.63) is 59.7 Å². The molecule has 0 aliphatic heterocycles. The number of hydrogen-bond donors (Lipinski definition) is 1. The SMILES string of the molecule is COc1cccc(-c2nnnn2Cc2ccc(C(=O)O)cc2)c1. The largest absolute Gasteiger partial charge is 0.497 e. The number of carbonyl (C=O) groups is 1. The van der Waals surface area contributed by atoms with Crippen LogP contribution in [-0.4, -0.2) is 38.4 Å². The van der Waals surface area contributed by atoms with E-state index >= 15 is 0 Å². The van der Waals surface area contributed by atoms with Crippen LogP contribution in [0.15, 0.2) is 48.5 Å². The molecule has 7 heteroatoms. The van der Waals surface area contributed by atoms with Crippen molar-refractivity contribution in [3.63, 3.8) is 0 Å². The fourth-order valence-corrected chi connectivity index (χ4v) is 2.21. The van der Waals surface area contributed by atoms with Crippen molar-refractivity contribution in [1.82, 2.24) is 20.2 Å². The Balaban J connectivity index is 1.87. The molecule has 1 N–H and O–H groups in total. The van der Waals surface area contributed by atoms with Crippen molar-refractivity contribution < 1.29 is 14.6 Å². The molecule has 0 saturated carbocycles. The normalized spacial score (nSPS) is 10.5. The highest BCUT2D eigenvalue weighted by atomic mass is 16.5. The van der Waals surface area contributed by atoms with E-state index in [1.54, 1.807) is 36.1 Å². The summed E-state index contributed by atoms with van der Waals surface area (Å²) in [6.45, 7) is 0.444. The Morgan fingerprint density at radius 2 is 2.00 bits per heavy atom. The van der Waals surface area contributed by atoms with Gasteiger partial charge in [-0.1, -0.05) is 24.3 Å². The predicted octanol–water partition coefficient (Wildman–Crippen LogP) is 2.10. The first kappa shape index (κ1) is 14.7. The minimum atomic E-state index is -0.948. The van der Waals surface area contributed by atoms with Crippen LogP contribution in [0.5, 0.6) is 5.75 Å². The summed E-state index contributed by atoms with van der Waals surface area (Å²) in [5.41, 5.74) is 2.00. The number of methoxy groups -OCH3 is 1. The molecule has 0 aliphatic carbocycles. The zero-order chi connectivity index (χ0) is 16.2. The van der Waals surface area contributed by atoms with Crippen molar-refractivity contribution in [2.75, 3.05) is 7.11 Å². The number of carboxylic acids is 1. The van der Waals surface area contributed by atoms with E-state index in [1.807, 2.05) is 24.3 Å². The smallest absolute Gasteiger partial charge is 0.335 e. The van der Waals surface area contributed by atoms with E-state index in [0.29, 0.717) is 12.4 Å². The van der Waals surface area contributed by atoms with Gasteiger partial charge in [0.15, 0.2) is 5.82 Å². The summed E-state index contributed by atoms with van der Waals surface area (Å²) in [4.78, 5) is 10.9. The molecule has 23 heavy (non-hydrogen) atoms. The zero-order valence-corrected chi connectivity index (χ0v) is 12.4. The zero-order valence-electron chi connectivity index (χ0n) is 12.4. The third-order valence-corrected chi connectivity index (χ3v) is 3.39. The topological polar surface area (TPSA) is 90.1 Å². The summed E-state index contributed by atoms with van der Waals surface area (Å²) in [7, 11) is 1.60. The van der Waals surface area contributed by atoms with Crippen LogP contribution < -0.4 is 4.74 Å². The molecule has 116 valence electrons. The first-order valence-corrected chi connectivity index (χ1v) is 6.90. The Bertz CT molecular complexity index is 827. The minimum absolute atomic E-state index is 0.249. The number of benzene rings is 2. The van der Waals surface area contributed by atoms with E-state index in [0.717, 1.165) is 16.9 Å². The van der Waals surface area contributed by atoms with Crippen molar-refractivity contribution >= 4 is 5.97 Å². The van der Waals surface area contributed by atoms with Crippen LogP contribution in [0, 0.1) is 0 Å². The number of aromatic nitrogens is 4. The van der Waals surface area contributed by atoms with Gasteiger partial charge in [0.1, 0.15) is 5.75 Å². The highest BCUT2D eigenvalue weighted by Gasteiger charge is 2.10. The predicted molar refractivity (Wildman–Crippen MR) is 82.3 cm³/mol. The molecule has 0 amide bonds. The molecule has 0 aliphatic rings. The van der Waals surface area contributed by atoms with Crippen LogP contribution in [0.25, 0.3) is 11.4 Å². The monoisotopic (exact) mass is 310 g/mol. The highest BCUT2D eigenvalue weighted by Crippen LogP contribution is 2.21. The lowest BCUT2D eigenvalue weighted by molar-refractivity contribution is 0.0697. The van der Waals surface area contributed by atoms with Gasteiger partial charge in [-0.05, 0) is 40.3 Å². The lowest BCUT2D eigenvalue weighted by Crippen LogP contribution is -2.05. The maximum atomic E-state index is 10.9. The quantitative estimate of drug-likeness (QED) is 0.776. The van der Waals surface area contributed by atoms with E-state index in [1.165, 1.54) is 0 Å². The molecule has 0 spiro atoms. The van der Waals surface area contributed by atoms with Gasteiger partial charge in [0.2, 0.25) is 0 Å². The minimum Gasteiger partial charge on any atom is -0.497 e. The first-order chi connectivity index (χ1) is 11.2. The van der Waals surface area contributed by atoms with E-state index in [-0.39, 0.29) is 5.56 Å². The van der Waals surface area contributed by atoms with Gasteiger partial charge in [0.05, 0.1) is 19.2 Å². The maximum absolute atomic E-state index is 10.9. The van der Waals surface area contributed by atoms with Crippen molar-refractivity contribution in [2.24, 2.45) is 0 Å². The van der Waals surface area contributed by atoms with Crippen LogP contribution in [0.3, 0.4) is 0 Å². The molecule has 3 aromatic rings. The van der Waals surface area contributed by atoms with Crippen LogP contribution >= 0.6 is 0 Å². The van der Waals surface area contributed by atoms with Gasteiger partial charge in [-0.2, -0.15) is 0 Å². The van der Waals surface area contributed by atoms with Crippen molar-refractivity contribution in [1.29, 1.82) is 0 Å². The molecule has 2 aromatic carbocycles. The molecule has 3 rings (SSSR count). The number of carboxylic acid groups (broad SMARTS) is 1. The Labute approximate surface area is 132 Å². The van der Waals surface area contributed by atoms with Gasteiger partial charge in [0.25, 0.3) is 0 Å². The van der Waals surface area contributed by atoms with Crippen molar-refractivity contribution in [2.45, 2.75) is 6.54 Å². The molecule has 0 unspecified atom stereocenters. The standard InChI is InChI=1S/C16H14N4O3/c1-23-14-4-2-3-13(9-14)15-17-18-19-20(15)10-11-5-7-12(8-6-11)16(21)22/h2-9H,10H2,1H3,(H,21,22). The van der Waals surface area contributed by atoms with E-state index in [9.17, 15) is 4.79 Å². The summed E-state index contributed by atoms with van der Waals surface area (Å²) in [6, 6.07) is 14.1. The Hall–Kier alpha value is -3.22. The van der Waals surface area contributed by atoms with Crippen LogP contribution in [0.2, 0.25) is 0 Å². The number of rotatable bonds is 5. The number of ether oxygens (including phenoxy) is 1. The molecule has 7 nitrogen and oxygen atoms in total. The summed E-state index contributed by atoms with van der Waals surface area (Å²) in [6.07, 6.45) is 0. The number of aromatic carboxylic acids is 1. The summed E-state index contributed by atoms with van der Waals surface area (Å²) in [5.74, 6) is 0.394. The van der Waals surface area contributed by atoms with Gasteiger partial charge < -0.3 is 9.84 Å². The molecule has 0 bridgehead atoms. The summed E-state index contributed by atoms with van der Waals surface area (Å²) >= 11 is 0.